The van der Waals surface area contributed by atoms with Gasteiger partial charge in [0.2, 0.25) is 0 Å². The predicted octanol–water partition coefficient (Wildman–Crippen LogP) is 2.42. The van der Waals surface area contributed by atoms with Crippen molar-refractivity contribution < 1.29 is 9.90 Å². The van der Waals surface area contributed by atoms with Gasteiger partial charge >= 0.3 is 5.97 Å². The van der Waals surface area contributed by atoms with Gasteiger partial charge in [-0.15, -0.1) is 0 Å². The van der Waals surface area contributed by atoms with Crippen LogP contribution in [0, 0.1) is 0 Å². The number of hydrogen-bond acceptors (Lipinski definition) is 3. The first-order valence-electron chi connectivity index (χ1n) is 5.81. The monoisotopic (exact) mass is 236 g/mol. The lowest BCUT2D eigenvalue weighted by Crippen LogP contribution is -2.29. The minimum Gasteiger partial charge on any atom is -0.480 e. The number of carboxylic acids is 1. The number of nitrogens with zero attached hydrogens (tertiary/aromatic N) is 1. The highest BCUT2D eigenvalue weighted by atomic mass is 16.4. The molecule has 17 heavy (non-hydrogen) atoms. The summed E-state index contributed by atoms with van der Waals surface area (Å²) in [6, 6.07) is 7.23. The summed E-state index contributed by atoms with van der Waals surface area (Å²) in [7, 11) is 3.92. The molecular weight excluding hydrogens is 216 g/mol. The molecule has 0 saturated heterocycles. The number of carboxylic acid groups (broad SMARTS) is 1. The van der Waals surface area contributed by atoms with Crippen molar-refractivity contribution in [2.24, 2.45) is 0 Å². The summed E-state index contributed by atoms with van der Waals surface area (Å²) >= 11 is 0. The molecule has 1 rings (SSSR count). The maximum atomic E-state index is 11.0. The molecule has 0 spiro atoms. The summed E-state index contributed by atoms with van der Waals surface area (Å²) in [5.41, 5.74) is 1.90. The van der Waals surface area contributed by atoms with Crippen molar-refractivity contribution >= 4 is 17.3 Å². The Kier molecular flexibility index (Phi) is 4.82. The fourth-order valence-corrected chi connectivity index (χ4v) is 1.62. The summed E-state index contributed by atoms with van der Waals surface area (Å²) in [6.07, 6.45) is 1.47. The van der Waals surface area contributed by atoms with Gasteiger partial charge in [-0.05, 0) is 24.6 Å². The summed E-state index contributed by atoms with van der Waals surface area (Å²) < 4.78 is 0. The van der Waals surface area contributed by atoms with Crippen LogP contribution >= 0.6 is 0 Å². The third-order valence-electron chi connectivity index (χ3n) is 2.58. The van der Waals surface area contributed by atoms with Gasteiger partial charge in [0.05, 0.1) is 0 Å². The summed E-state index contributed by atoms with van der Waals surface area (Å²) in [6.45, 7) is 1.98. The molecule has 0 aliphatic rings. The molecule has 0 amide bonds. The molecule has 4 heteroatoms. The molecule has 1 unspecified atom stereocenters. The molecule has 4 nitrogen and oxygen atoms in total. The summed E-state index contributed by atoms with van der Waals surface area (Å²) in [5, 5.41) is 12.1. The second kappa shape index (κ2) is 6.13. The molecule has 94 valence electrons. The Morgan fingerprint density at radius 3 is 2.71 bits per heavy atom. The van der Waals surface area contributed by atoms with E-state index < -0.39 is 12.0 Å². The zero-order valence-corrected chi connectivity index (χ0v) is 10.6. The third-order valence-corrected chi connectivity index (χ3v) is 2.58. The van der Waals surface area contributed by atoms with Gasteiger partial charge in [0.15, 0.2) is 0 Å². The van der Waals surface area contributed by atoms with Crippen LogP contribution < -0.4 is 10.2 Å². The molecule has 1 atom stereocenters. The van der Waals surface area contributed by atoms with Crippen molar-refractivity contribution in [2.45, 2.75) is 25.8 Å². The van der Waals surface area contributed by atoms with Gasteiger partial charge in [0.1, 0.15) is 6.04 Å². The first kappa shape index (κ1) is 13.4. The van der Waals surface area contributed by atoms with Gasteiger partial charge in [0.25, 0.3) is 0 Å². The van der Waals surface area contributed by atoms with Gasteiger partial charge < -0.3 is 15.3 Å². The van der Waals surface area contributed by atoms with E-state index in [9.17, 15) is 4.79 Å². The fourth-order valence-electron chi connectivity index (χ4n) is 1.62. The Morgan fingerprint density at radius 2 is 2.18 bits per heavy atom. The van der Waals surface area contributed by atoms with Gasteiger partial charge in [-0.3, -0.25) is 0 Å². The third kappa shape index (κ3) is 3.98. The number of benzene rings is 1. The molecule has 0 heterocycles. The van der Waals surface area contributed by atoms with E-state index in [0.717, 1.165) is 17.8 Å². The average molecular weight is 236 g/mol. The zero-order chi connectivity index (χ0) is 12.8. The molecule has 1 aromatic carbocycles. The molecule has 0 aliphatic carbocycles. The van der Waals surface area contributed by atoms with E-state index in [-0.39, 0.29) is 0 Å². The topological polar surface area (TPSA) is 52.6 Å². The Morgan fingerprint density at radius 1 is 1.47 bits per heavy atom. The number of carbonyl (C=O) groups is 1. The normalized spacial score (nSPS) is 11.9. The largest absolute Gasteiger partial charge is 0.480 e. The number of nitrogens with one attached hydrogen (secondary N) is 1. The first-order chi connectivity index (χ1) is 8.04. The molecule has 1 aromatic rings. The highest BCUT2D eigenvalue weighted by Crippen LogP contribution is 2.18. The molecule has 0 radical (unpaired) electrons. The highest BCUT2D eigenvalue weighted by Gasteiger charge is 2.15. The summed E-state index contributed by atoms with van der Waals surface area (Å²) in [5.74, 6) is -0.804. The maximum Gasteiger partial charge on any atom is 0.326 e. The van der Waals surface area contributed by atoms with Gasteiger partial charge in [-0.25, -0.2) is 4.79 Å². The van der Waals surface area contributed by atoms with Crippen LogP contribution in [0.4, 0.5) is 11.4 Å². The van der Waals surface area contributed by atoms with E-state index in [1.165, 1.54) is 0 Å². The van der Waals surface area contributed by atoms with Crippen LogP contribution in [-0.2, 0) is 4.79 Å². The van der Waals surface area contributed by atoms with Crippen molar-refractivity contribution in [2.75, 3.05) is 24.3 Å². The number of rotatable bonds is 6. The quantitative estimate of drug-likeness (QED) is 0.796. The van der Waals surface area contributed by atoms with Crippen molar-refractivity contribution in [1.29, 1.82) is 0 Å². The van der Waals surface area contributed by atoms with Crippen LogP contribution in [0.1, 0.15) is 19.8 Å². The first-order valence-corrected chi connectivity index (χ1v) is 5.81. The molecule has 0 aromatic heterocycles. The molecular formula is C13H20N2O2. The second-order valence-corrected chi connectivity index (χ2v) is 4.27. The molecule has 0 saturated carbocycles. The van der Waals surface area contributed by atoms with Crippen LogP contribution in [0.25, 0.3) is 0 Å². The fraction of sp³-hybridized carbons (Fsp3) is 0.462. The second-order valence-electron chi connectivity index (χ2n) is 4.27. The summed E-state index contributed by atoms with van der Waals surface area (Å²) in [4.78, 5) is 13.0. The van der Waals surface area contributed by atoms with Crippen LogP contribution in [0.5, 0.6) is 0 Å². The minimum absolute atomic E-state index is 0.516. The number of aliphatic carboxylic acids is 1. The van der Waals surface area contributed by atoms with Crippen molar-refractivity contribution in [3.63, 3.8) is 0 Å². The maximum absolute atomic E-state index is 11.0. The van der Waals surface area contributed by atoms with E-state index in [4.69, 9.17) is 5.11 Å². The number of hydrogen-bond donors (Lipinski definition) is 2. The number of anilines is 2. The molecule has 2 N–H and O–H groups in total. The average Bonchev–Trinajstić information content (AvgIpc) is 2.28. The van der Waals surface area contributed by atoms with E-state index in [1.807, 2.05) is 50.2 Å². The smallest absolute Gasteiger partial charge is 0.326 e. The predicted molar refractivity (Wildman–Crippen MR) is 70.7 cm³/mol. The van der Waals surface area contributed by atoms with Gasteiger partial charge in [0, 0.05) is 25.5 Å². The Bertz CT molecular complexity index is 377. The van der Waals surface area contributed by atoms with E-state index in [0.29, 0.717) is 6.42 Å². The lowest BCUT2D eigenvalue weighted by Gasteiger charge is -2.18. The highest BCUT2D eigenvalue weighted by molar-refractivity contribution is 5.77. The van der Waals surface area contributed by atoms with E-state index in [2.05, 4.69) is 5.32 Å². The molecule has 0 bridgehead atoms. The standard InChI is InChI=1S/C13H20N2O2/c1-4-6-12(13(16)17)14-10-7-5-8-11(9-10)15(2)3/h5,7-9,12,14H,4,6H2,1-3H3,(H,16,17). The Labute approximate surface area is 102 Å². The SMILES string of the molecule is CCCC(Nc1cccc(N(C)C)c1)C(=O)O. The van der Waals surface area contributed by atoms with Crippen LogP contribution in [0.2, 0.25) is 0 Å². The van der Waals surface area contributed by atoms with Crippen molar-refractivity contribution in [3.8, 4) is 0 Å². The van der Waals surface area contributed by atoms with Crippen LogP contribution in [0.15, 0.2) is 24.3 Å². The molecule has 0 fully saturated rings. The minimum atomic E-state index is -0.804. The van der Waals surface area contributed by atoms with Gasteiger partial charge in [-0.1, -0.05) is 19.4 Å². The molecule has 0 aliphatic heterocycles. The Hall–Kier alpha value is -1.71. The zero-order valence-electron chi connectivity index (χ0n) is 10.6. The van der Waals surface area contributed by atoms with Crippen LogP contribution in [-0.4, -0.2) is 31.2 Å². The van der Waals surface area contributed by atoms with Crippen LogP contribution in [0.3, 0.4) is 0 Å². The lowest BCUT2D eigenvalue weighted by molar-refractivity contribution is -0.138. The van der Waals surface area contributed by atoms with E-state index in [1.54, 1.807) is 0 Å². The van der Waals surface area contributed by atoms with E-state index >= 15 is 0 Å². The van der Waals surface area contributed by atoms with Crippen molar-refractivity contribution in [1.82, 2.24) is 0 Å². The van der Waals surface area contributed by atoms with Gasteiger partial charge in [-0.2, -0.15) is 0 Å². The lowest BCUT2D eigenvalue weighted by atomic mass is 10.1. The van der Waals surface area contributed by atoms with Crippen molar-refractivity contribution in [3.05, 3.63) is 24.3 Å². The Balaban J connectivity index is 2.78.